The van der Waals surface area contributed by atoms with Gasteiger partial charge in [0, 0.05) is 0 Å². The number of benzene rings is 2. The van der Waals surface area contributed by atoms with Crippen molar-refractivity contribution in [1.29, 1.82) is 0 Å². The molecule has 0 aliphatic rings. The van der Waals surface area contributed by atoms with Crippen LogP contribution in [0.15, 0.2) is 48.5 Å². The molecular weight excluding hydrogens is 237 g/mol. The third-order valence-corrected chi connectivity index (χ3v) is 3.48. The van der Waals surface area contributed by atoms with Crippen molar-refractivity contribution >= 4 is 0 Å². The monoisotopic (exact) mass is 257 g/mol. The van der Waals surface area contributed by atoms with Crippen LogP contribution in [0.25, 0.3) is 11.1 Å². The highest BCUT2D eigenvalue weighted by atomic mass is 19.1. The van der Waals surface area contributed by atoms with Crippen molar-refractivity contribution in [2.45, 2.75) is 19.3 Å². The van der Waals surface area contributed by atoms with Crippen LogP contribution in [0.1, 0.15) is 24.8 Å². The van der Waals surface area contributed by atoms with Crippen LogP contribution >= 0.6 is 0 Å². The first-order valence-corrected chi connectivity index (χ1v) is 6.71. The van der Waals surface area contributed by atoms with Gasteiger partial charge in [-0.2, -0.15) is 0 Å². The van der Waals surface area contributed by atoms with Crippen LogP contribution in [-0.4, -0.2) is 13.6 Å². The zero-order chi connectivity index (χ0) is 13.7. The number of hydrogen-bond donors (Lipinski definition) is 1. The highest BCUT2D eigenvalue weighted by Crippen LogP contribution is 2.24. The largest absolute Gasteiger partial charge is 0.320 e. The second kappa shape index (κ2) is 6.48. The van der Waals surface area contributed by atoms with Crippen LogP contribution in [0.2, 0.25) is 0 Å². The zero-order valence-corrected chi connectivity index (χ0v) is 11.5. The highest BCUT2D eigenvalue weighted by Gasteiger charge is 2.05. The number of nitrogens with one attached hydrogen (secondary N) is 1. The van der Waals surface area contributed by atoms with Crippen LogP contribution in [-0.2, 0) is 0 Å². The SMILES string of the molecule is CNCCC(C)c1ccc(-c2ccc(F)cc2)cc1. The van der Waals surface area contributed by atoms with E-state index in [4.69, 9.17) is 0 Å². The molecule has 0 spiro atoms. The molecule has 0 aromatic heterocycles. The van der Waals surface area contributed by atoms with E-state index in [-0.39, 0.29) is 5.82 Å². The fourth-order valence-electron chi connectivity index (χ4n) is 2.17. The molecule has 2 rings (SSSR count). The molecule has 0 heterocycles. The first kappa shape index (κ1) is 13.8. The molecule has 0 radical (unpaired) electrons. The molecular formula is C17H20FN. The third-order valence-electron chi connectivity index (χ3n) is 3.48. The van der Waals surface area contributed by atoms with Gasteiger partial charge in [0.25, 0.3) is 0 Å². The van der Waals surface area contributed by atoms with Gasteiger partial charge in [0.1, 0.15) is 5.82 Å². The quantitative estimate of drug-likeness (QED) is 0.846. The topological polar surface area (TPSA) is 12.0 Å². The molecule has 19 heavy (non-hydrogen) atoms. The Hall–Kier alpha value is -1.67. The van der Waals surface area contributed by atoms with Crippen molar-refractivity contribution in [3.05, 3.63) is 59.9 Å². The molecule has 1 unspecified atom stereocenters. The lowest BCUT2D eigenvalue weighted by molar-refractivity contribution is 0.628. The van der Waals surface area contributed by atoms with Crippen molar-refractivity contribution < 1.29 is 4.39 Å². The standard InChI is InChI=1S/C17H20FN/c1-13(11-12-19-2)14-3-5-15(6-4-14)16-7-9-17(18)10-8-16/h3-10,13,19H,11-12H2,1-2H3. The van der Waals surface area contributed by atoms with E-state index >= 15 is 0 Å². The Balaban J connectivity index is 2.11. The maximum Gasteiger partial charge on any atom is 0.123 e. The number of hydrogen-bond acceptors (Lipinski definition) is 1. The van der Waals surface area contributed by atoms with Gasteiger partial charge in [0.15, 0.2) is 0 Å². The highest BCUT2D eigenvalue weighted by molar-refractivity contribution is 5.63. The Morgan fingerprint density at radius 1 is 0.947 bits per heavy atom. The summed E-state index contributed by atoms with van der Waals surface area (Å²) in [5, 5.41) is 3.18. The predicted molar refractivity (Wildman–Crippen MR) is 78.8 cm³/mol. The van der Waals surface area contributed by atoms with Crippen LogP contribution in [0, 0.1) is 5.82 Å². The molecule has 2 aromatic carbocycles. The van der Waals surface area contributed by atoms with Gasteiger partial charge in [-0.1, -0.05) is 43.3 Å². The molecule has 0 amide bonds. The molecule has 0 saturated carbocycles. The van der Waals surface area contributed by atoms with Gasteiger partial charge in [-0.15, -0.1) is 0 Å². The summed E-state index contributed by atoms with van der Waals surface area (Å²) in [6, 6.07) is 15.2. The van der Waals surface area contributed by atoms with E-state index in [1.807, 2.05) is 19.2 Å². The smallest absolute Gasteiger partial charge is 0.123 e. The molecule has 0 aliphatic carbocycles. The normalized spacial score (nSPS) is 12.4. The molecule has 1 N–H and O–H groups in total. The average Bonchev–Trinajstić information content (AvgIpc) is 2.46. The molecule has 100 valence electrons. The van der Waals surface area contributed by atoms with Gasteiger partial charge in [-0.3, -0.25) is 0 Å². The van der Waals surface area contributed by atoms with E-state index in [9.17, 15) is 4.39 Å². The van der Waals surface area contributed by atoms with Crippen molar-refractivity contribution in [3.63, 3.8) is 0 Å². The summed E-state index contributed by atoms with van der Waals surface area (Å²) in [6.45, 7) is 3.27. The molecule has 1 atom stereocenters. The Bertz CT molecular complexity index is 502. The minimum atomic E-state index is -0.193. The number of halogens is 1. The Kier molecular flexibility index (Phi) is 4.69. The second-order valence-corrected chi connectivity index (χ2v) is 4.92. The molecule has 0 aliphatic heterocycles. The van der Waals surface area contributed by atoms with E-state index in [1.165, 1.54) is 17.7 Å². The van der Waals surface area contributed by atoms with Crippen LogP contribution in [0.3, 0.4) is 0 Å². The summed E-state index contributed by atoms with van der Waals surface area (Å²) in [7, 11) is 1.98. The maximum absolute atomic E-state index is 12.9. The van der Waals surface area contributed by atoms with Crippen molar-refractivity contribution in [3.8, 4) is 11.1 Å². The Labute approximate surface area is 114 Å². The first-order chi connectivity index (χ1) is 9.20. The summed E-state index contributed by atoms with van der Waals surface area (Å²) >= 11 is 0. The Morgan fingerprint density at radius 2 is 1.47 bits per heavy atom. The molecule has 2 heteroatoms. The van der Waals surface area contributed by atoms with Crippen molar-refractivity contribution in [2.24, 2.45) is 0 Å². The van der Waals surface area contributed by atoms with E-state index in [2.05, 4.69) is 36.5 Å². The van der Waals surface area contributed by atoms with Crippen molar-refractivity contribution in [2.75, 3.05) is 13.6 Å². The van der Waals surface area contributed by atoms with Gasteiger partial charge in [-0.05, 0) is 54.8 Å². The number of rotatable bonds is 5. The second-order valence-electron chi connectivity index (χ2n) is 4.92. The van der Waals surface area contributed by atoms with Gasteiger partial charge >= 0.3 is 0 Å². The van der Waals surface area contributed by atoms with Gasteiger partial charge in [-0.25, -0.2) is 4.39 Å². The summed E-state index contributed by atoms with van der Waals surface area (Å²) in [6.07, 6.45) is 1.13. The van der Waals surface area contributed by atoms with Crippen LogP contribution in [0.4, 0.5) is 4.39 Å². The first-order valence-electron chi connectivity index (χ1n) is 6.71. The van der Waals surface area contributed by atoms with E-state index < -0.39 is 0 Å². The van der Waals surface area contributed by atoms with E-state index in [0.29, 0.717) is 5.92 Å². The lowest BCUT2D eigenvalue weighted by Crippen LogP contribution is -2.10. The van der Waals surface area contributed by atoms with Gasteiger partial charge in [0.05, 0.1) is 0 Å². The molecule has 2 aromatic rings. The molecule has 0 fully saturated rings. The molecule has 0 bridgehead atoms. The van der Waals surface area contributed by atoms with Crippen LogP contribution in [0.5, 0.6) is 0 Å². The third kappa shape index (κ3) is 3.65. The average molecular weight is 257 g/mol. The summed E-state index contributed by atoms with van der Waals surface area (Å²) < 4.78 is 12.9. The van der Waals surface area contributed by atoms with E-state index in [0.717, 1.165) is 24.1 Å². The maximum atomic E-state index is 12.9. The van der Waals surface area contributed by atoms with Crippen LogP contribution < -0.4 is 5.32 Å². The van der Waals surface area contributed by atoms with Gasteiger partial charge in [0.2, 0.25) is 0 Å². The lowest BCUT2D eigenvalue weighted by atomic mass is 9.95. The predicted octanol–water partition coefficient (Wildman–Crippen LogP) is 4.21. The summed E-state index contributed by atoms with van der Waals surface area (Å²) in [5.41, 5.74) is 3.53. The zero-order valence-electron chi connectivity index (χ0n) is 11.5. The molecule has 1 nitrogen and oxygen atoms in total. The fraction of sp³-hybridized carbons (Fsp3) is 0.294. The van der Waals surface area contributed by atoms with Gasteiger partial charge < -0.3 is 5.32 Å². The minimum absolute atomic E-state index is 0.193. The van der Waals surface area contributed by atoms with E-state index in [1.54, 1.807) is 0 Å². The van der Waals surface area contributed by atoms with Crippen molar-refractivity contribution in [1.82, 2.24) is 5.32 Å². The summed E-state index contributed by atoms with van der Waals surface area (Å²) in [4.78, 5) is 0. The minimum Gasteiger partial charge on any atom is -0.320 e. The molecule has 0 saturated heterocycles. The lowest BCUT2D eigenvalue weighted by Gasteiger charge is -2.12. The summed E-state index contributed by atoms with van der Waals surface area (Å²) in [5.74, 6) is 0.357. The fourth-order valence-corrected chi connectivity index (χ4v) is 2.17. The Morgan fingerprint density at radius 3 is 2.00 bits per heavy atom.